The van der Waals surface area contributed by atoms with E-state index in [1.54, 1.807) is 6.07 Å². The van der Waals surface area contributed by atoms with E-state index in [1.165, 1.54) is 12.1 Å². The lowest BCUT2D eigenvalue weighted by molar-refractivity contribution is -0.137. The Morgan fingerprint density at radius 2 is 1.81 bits per heavy atom. The number of hydrogen-bond donors (Lipinski definition) is 0. The van der Waals surface area contributed by atoms with Gasteiger partial charge in [0.1, 0.15) is 5.75 Å². The summed E-state index contributed by atoms with van der Waals surface area (Å²) in [7, 11) is 0. The maximum atomic E-state index is 13.8. The molecule has 2 aromatic carbocycles. The van der Waals surface area contributed by atoms with Crippen LogP contribution in [0.3, 0.4) is 0 Å². The summed E-state index contributed by atoms with van der Waals surface area (Å²) in [6.07, 6.45) is -4.68. The Morgan fingerprint density at radius 1 is 1.14 bits per heavy atom. The lowest BCUT2D eigenvalue weighted by atomic mass is 10.2. The largest absolute Gasteiger partial charge is 0.453 e. The second-order valence-electron chi connectivity index (χ2n) is 4.12. The minimum absolute atomic E-state index is 0.212. The Balaban J connectivity index is 2.39. The molecule has 7 heteroatoms. The summed E-state index contributed by atoms with van der Waals surface area (Å²) in [6.45, 7) is 3.71. The van der Waals surface area contributed by atoms with Crippen LogP contribution >= 0.6 is 27.5 Å². The number of hydrogen-bond acceptors (Lipinski definition) is 1. The number of rotatable bonds is 2. The van der Waals surface area contributed by atoms with Gasteiger partial charge in [0.2, 0.25) is 0 Å². The fourth-order valence-electron chi connectivity index (χ4n) is 1.55. The van der Waals surface area contributed by atoms with E-state index in [-0.39, 0.29) is 5.75 Å². The van der Waals surface area contributed by atoms with Crippen molar-refractivity contribution in [2.45, 2.75) is 6.18 Å². The number of ether oxygens (including phenoxy) is 1. The second kappa shape index (κ2) is 5.85. The van der Waals surface area contributed by atoms with Crippen LogP contribution < -0.4 is 4.74 Å². The molecule has 111 valence electrons. The van der Waals surface area contributed by atoms with E-state index in [2.05, 4.69) is 22.9 Å². The molecule has 0 bridgehead atoms. The third-order valence-corrected chi connectivity index (χ3v) is 3.62. The zero-order valence-electron chi connectivity index (χ0n) is 10.3. The molecule has 0 atom stereocenters. The summed E-state index contributed by atoms with van der Waals surface area (Å²) >= 11 is 8.90. The molecule has 0 aliphatic rings. The molecule has 2 aromatic rings. The van der Waals surface area contributed by atoms with Crippen LogP contribution in [-0.4, -0.2) is 0 Å². The normalized spacial score (nSPS) is 11.6. The van der Waals surface area contributed by atoms with Gasteiger partial charge >= 0.3 is 6.18 Å². The highest BCUT2D eigenvalue weighted by molar-refractivity contribution is 9.10. The number of benzene rings is 2. The lowest BCUT2D eigenvalue weighted by Crippen LogP contribution is -2.06. The average Bonchev–Trinajstić information content (AvgIpc) is 2.36. The van der Waals surface area contributed by atoms with Crippen molar-refractivity contribution in [3.8, 4) is 11.5 Å². The molecule has 0 aliphatic heterocycles. The maximum Gasteiger partial charge on any atom is 0.416 e. The van der Waals surface area contributed by atoms with Gasteiger partial charge in [-0.15, -0.1) is 0 Å². The molecule has 0 N–H and O–H groups in total. The van der Waals surface area contributed by atoms with Gasteiger partial charge in [0, 0.05) is 4.47 Å². The highest BCUT2D eigenvalue weighted by Gasteiger charge is 2.32. The van der Waals surface area contributed by atoms with Crippen molar-refractivity contribution >= 4 is 27.5 Å². The van der Waals surface area contributed by atoms with Crippen molar-refractivity contribution < 1.29 is 22.3 Å². The van der Waals surface area contributed by atoms with Gasteiger partial charge in [-0.3, -0.25) is 0 Å². The van der Waals surface area contributed by atoms with Crippen molar-refractivity contribution in [1.29, 1.82) is 0 Å². The molecule has 0 spiro atoms. The first kappa shape index (κ1) is 16.1. The van der Waals surface area contributed by atoms with Crippen LogP contribution in [0.25, 0.3) is 0 Å². The summed E-state index contributed by atoms with van der Waals surface area (Å²) in [4.78, 5) is 0. The van der Waals surface area contributed by atoms with Gasteiger partial charge in [0.05, 0.1) is 10.6 Å². The van der Waals surface area contributed by atoms with Crippen molar-refractivity contribution in [2.75, 3.05) is 0 Å². The van der Waals surface area contributed by atoms with E-state index in [9.17, 15) is 17.6 Å². The summed E-state index contributed by atoms with van der Waals surface area (Å²) in [5.74, 6) is -1.45. The molecular formula is C14H7BrClF4O. The molecule has 0 saturated carbocycles. The molecular weight excluding hydrogens is 376 g/mol. The summed E-state index contributed by atoms with van der Waals surface area (Å²) in [5, 5.41) is -0.462. The van der Waals surface area contributed by atoms with Crippen LogP contribution in [0.15, 0.2) is 34.8 Å². The molecule has 21 heavy (non-hydrogen) atoms. The molecule has 0 aliphatic carbocycles. The Hall–Kier alpha value is -1.27. The molecule has 1 radical (unpaired) electrons. The van der Waals surface area contributed by atoms with Crippen LogP contribution in [0.2, 0.25) is 5.02 Å². The predicted molar refractivity (Wildman–Crippen MR) is 75.1 cm³/mol. The Kier molecular flexibility index (Phi) is 4.49. The zero-order chi connectivity index (χ0) is 15.8. The summed E-state index contributed by atoms with van der Waals surface area (Å²) < 4.78 is 57.3. The van der Waals surface area contributed by atoms with E-state index in [1.807, 2.05) is 0 Å². The molecule has 0 fully saturated rings. The third-order valence-electron chi connectivity index (χ3n) is 2.56. The fourth-order valence-corrected chi connectivity index (χ4v) is 2.05. The molecule has 2 rings (SSSR count). The second-order valence-corrected chi connectivity index (χ2v) is 5.38. The van der Waals surface area contributed by atoms with Crippen LogP contribution in [0.5, 0.6) is 11.5 Å². The van der Waals surface area contributed by atoms with Gasteiger partial charge in [0.15, 0.2) is 11.6 Å². The minimum atomic E-state index is -4.68. The summed E-state index contributed by atoms with van der Waals surface area (Å²) in [6, 6.07) is 5.58. The maximum absolute atomic E-state index is 13.8. The Morgan fingerprint density at radius 3 is 2.33 bits per heavy atom. The van der Waals surface area contributed by atoms with Crippen molar-refractivity contribution in [1.82, 2.24) is 0 Å². The molecule has 0 aromatic heterocycles. The first-order chi connectivity index (χ1) is 9.68. The quantitative estimate of drug-likeness (QED) is 0.559. The third kappa shape index (κ3) is 3.68. The van der Waals surface area contributed by atoms with Gasteiger partial charge in [-0.05, 0) is 42.8 Å². The van der Waals surface area contributed by atoms with E-state index in [0.29, 0.717) is 22.2 Å². The monoisotopic (exact) mass is 381 g/mol. The van der Waals surface area contributed by atoms with Crippen molar-refractivity contribution in [3.05, 3.63) is 63.7 Å². The smallest absolute Gasteiger partial charge is 0.416 e. The lowest BCUT2D eigenvalue weighted by Gasteiger charge is -2.13. The average molecular weight is 383 g/mol. The van der Waals surface area contributed by atoms with Crippen LogP contribution in [0, 0.1) is 12.7 Å². The van der Waals surface area contributed by atoms with E-state index >= 15 is 0 Å². The standard InChI is InChI=1S/C14H7BrClF4O/c1-7-4-9(2-3-10(7)15)21-13-11(16)5-8(6-12(13)17)14(18,19)20/h2-6H,1H2. The molecule has 0 saturated heterocycles. The zero-order valence-corrected chi connectivity index (χ0v) is 12.6. The highest BCUT2D eigenvalue weighted by atomic mass is 79.9. The van der Waals surface area contributed by atoms with Crippen LogP contribution in [0.4, 0.5) is 17.6 Å². The van der Waals surface area contributed by atoms with Crippen molar-refractivity contribution in [2.24, 2.45) is 0 Å². The fraction of sp³-hybridized carbons (Fsp3) is 0.0714. The van der Waals surface area contributed by atoms with Gasteiger partial charge in [0.25, 0.3) is 0 Å². The summed E-state index contributed by atoms with van der Waals surface area (Å²) in [5.41, 5.74) is -0.595. The minimum Gasteiger partial charge on any atom is -0.453 e. The number of halogens is 6. The SMILES string of the molecule is [CH2]c1cc(Oc2c(F)cc(C(F)(F)F)cc2Cl)ccc1Br. The molecule has 0 amide bonds. The molecule has 1 nitrogen and oxygen atoms in total. The first-order valence-corrected chi connectivity index (χ1v) is 6.71. The van der Waals surface area contributed by atoms with Gasteiger partial charge in [-0.2, -0.15) is 13.2 Å². The number of alkyl halides is 3. The molecule has 0 unspecified atom stereocenters. The van der Waals surface area contributed by atoms with Crippen LogP contribution in [0.1, 0.15) is 11.1 Å². The van der Waals surface area contributed by atoms with E-state index in [0.717, 1.165) is 0 Å². The topological polar surface area (TPSA) is 9.23 Å². The predicted octanol–water partition coefficient (Wildman–Crippen LogP) is 6.23. The van der Waals surface area contributed by atoms with Crippen LogP contribution in [-0.2, 0) is 6.18 Å². The Labute approximate surface area is 131 Å². The van der Waals surface area contributed by atoms with E-state index < -0.39 is 28.3 Å². The van der Waals surface area contributed by atoms with Gasteiger partial charge < -0.3 is 4.74 Å². The Bertz CT molecular complexity index is 662. The van der Waals surface area contributed by atoms with E-state index in [4.69, 9.17) is 16.3 Å². The first-order valence-electron chi connectivity index (χ1n) is 5.54. The van der Waals surface area contributed by atoms with Gasteiger partial charge in [-0.25, -0.2) is 4.39 Å². The highest BCUT2D eigenvalue weighted by Crippen LogP contribution is 2.38. The molecule has 0 heterocycles. The van der Waals surface area contributed by atoms with Crippen molar-refractivity contribution in [3.63, 3.8) is 0 Å². The van der Waals surface area contributed by atoms with Gasteiger partial charge in [-0.1, -0.05) is 27.5 Å².